The lowest BCUT2D eigenvalue weighted by molar-refractivity contribution is 0.207. The zero-order valence-electron chi connectivity index (χ0n) is 8.46. The fourth-order valence-electron chi connectivity index (χ4n) is 1.54. The Labute approximate surface area is 88.0 Å². The summed E-state index contributed by atoms with van der Waals surface area (Å²) in [4.78, 5) is 4.09. The second kappa shape index (κ2) is 3.74. The standard InChI is InChI=1S/C11H13N3O/c1-14-7-6-13-11(14)10(15)8-4-2-3-5-9(8)12/h2-7,10,15H,12H2,1H3. The van der Waals surface area contributed by atoms with Gasteiger partial charge in [-0.25, -0.2) is 4.98 Å². The van der Waals surface area contributed by atoms with E-state index in [-0.39, 0.29) is 0 Å². The number of hydrogen-bond donors (Lipinski definition) is 2. The van der Waals surface area contributed by atoms with Crippen molar-refractivity contribution in [2.75, 3.05) is 5.73 Å². The minimum Gasteiger partial charge on any atom is -0.398 e. The topological polar surface area (TPSA) is 64.1 Å². The molecule has 0 aliphatic heterocycles. The molecule has 1 aromatic carbocycles. The van der Waals surface area contributed by atoms with Gasteiger partial charge >= 0.3 is 0 Å². The number of aliphatic hydroxyl groups excluding tert-OH is 1. The predicted octanol–water partition coefficient (Wildman–Crippen LogP) is 1.08. The smallest absolute Gasteiger partial charge is 0.142 e. The van der Waals surface area contributed by atoms with Crippen LogP contribution in [0.2, 0.25) is 0 Å². The lowest BCUT2D eigenvalue weighted by Gasteiger charge is -2.12. The van der Waals surface area contributed by atoms with Crippen molar-refractivity contribution in [3.05, 3.63) is 48.0 Å². The summed E-state index contributed by atoms with van der Waals surface area (Å²) in [5, 5.41) is 10.1. The molecule has 1 heterocycles. The average Bonchev–Trinajstić information content (AvgIpc) is 2.64. The van der Waals surface area contributed by atoms with Gasteiger partial charge in [0, 0.05) is 30.7 Å². The van der Waals surface area contributed by atoms with E-state index in [4.69, 9.17) is 5.73 Å². The van der Waals surface area contributed by atoms with E-state index in [9.17, 15) is 5.11 Å². The molecule has 0 saturated carbocycles. The molecule has 0 spiro atoms. The monoisotopic (exact) mass is 203 g/mol. The SMILES string of the molecule is Cn1ccnc1C(O)c1ccccc1N. The van der Waals surface area contributed by atoms with Crippen LogP contribution in [0.4, 0.5) is 5.69 Å². The number of aryl methyl sites for hydroxylation is 1. The Morgan fingerprint density at radius 2 is 2.13 bits per heavy atom. The largest absolute Gasteiger partial charge is 0.398 e. The first-order valence-electron chi connectivity index (χ1n) is 4.70. The van der Waals surface area contributed by atoms with Crippen molar-refractivity contribution in [2.24, 2.45) is 7.05 Å². The maximum atomic E-state index is 10.1. The fourth-order valence-corrected chi connectivity index (χ4v) is 1.54. The van der Waals surface area contributed by atoms with Crippen molar-refractivity contribution < 1.29 is 5.11 Å². The van der Waals surface area contributed by atoms with Gasteiger partial charge in [0.05, 0.1) is 0 Å². The Hall–Kier alpha value is -1.81. The molecule has 1 unspecified atom stereocenters. The van der Waals surface area contributed by atoms with Gasteiger partial charge in [-0.3, -0.25) is 0 Å². The lowest BCUT2D eigenvalue weighted by atomic mass is 10.1. The molecule has 15 heavy (non-hydrogen) atoms. The maximum Gasteiger partial charge on any atom is 0.142 e. The molecule has 2 rings (SSSR count). The number of imidazole rings is 1. The van der Waals surface area contributed by atoms with Gasteiger partial charge in [-0.15, -0.1) is 0 Å². The first kappa shape index (κ1) is 9.73. The molecule has 4 heteroatoms. The Morgan fingerprint density at radius 1 is 1.40 bits per heavy atom. The highest BCUT2D eigenvalue weighted by molar-refractivity contribution is 5.49. The number of aliphatic hydroxyl groups is 1. The Morgan fingerprint density at radius 3 is 2.73 bits per heavy atom. The molecule has 3 N–H and O–H groups in total. The van der Waals surface area contributed by atoms with Crippen molar-refractivity contribution in [1.82, 2.24) is 9.55 Å². The van der Waals surface area contributed by atoms with E-state index in [1.165, 1.54) is 0 Å². The van der Waals surface area contributed by atoms with E-state index in [0.717, 1.165) is 0 Å². The highest BCUT2D eigenvalue weighted by atomic mass is 16.3. The van der Waals surface area contributed by atoms with Crippen LogP contribution in [0.15, 0.2) is 36.7 Å². The quantitative estimate of drug-likeness (QED) is 0.718. The number of nitrogen functional groups attached to an aromatic ring is 1. The average molecular weight is 203 g/mol. The van der Waals surface area contributed by atoms with Crippen LogP contribution in [0.3, 0.4) is 0 Å². The summed E-state index contributed by atoms with van der Waals surface area (Å²) < 4.78 is 1.77. The van der Waals surface area contributed by atoms with E-state index >= 15 is 0 Å². The molecule has 0 amide bonds. The Bertz CT molecular complexity index is 464. The summed E-state index contributed by atoms with van der Waals surface area (Å²) in [6.07, 6.45) is 2.67. The molecular weight excluding hydrogens is 190 g/mol. The third-order valence-corrected chi connectivity index (χ3v) is 2.39. The Kier molecular flexibility index (Phi) is 2.43. The van der Waals surface area contributed by atoms with Crippen molar-refractivity contribution in [3.63, 3.8) is 0 Å². The number of hydrogen-bond acceptors (Lipinski definition) is 3. The fraction of sp³-hybridized carbons (Fsp3) is 0.182. The van der Waals surface area contributed by atoms with Gasteiger partial charge in [-0.2, -0.15) is 0 Å². The van der Waals surface area contributed by atoms with Crippen LogP contribution in [0.5, 0.6) is 0 Å². The van der Waals surface area contributed by atoms with Crippen LogP contribution in [0.1, 0.15) is 17.5 Å². The lowest BCUT2D eigenvalue weighted by Crippen LogP contribution is -2.08. The highest BCUT2D eigenvalue weighted by Gasteiger charge is 2.16. The van der Waals surface area contributed by atoms with Gasteiger partial charge < -0.3 is 15.4 Å². The third kappa shape index (κ3) is 1.71. The summed E-state index contributed by atoms with van der Waals surface area (Å²) in [6.45, 7) is 0. The zero-order chi connectivity index (χ0) is 10.8. The molecule has 0 aliphatic carbocycles. The molecular formula is C11H13N3O. The van der Waals surface area contributed by atoms with E-state index < -0.39 is 6.10 Å². The minimum absolute atomic E-state index is 0.577. The van der Waals surface area contributed by atoms with Crippen LogP contribution in [-0.2, 0) is 7.05 Å². The first-order valence-corrected chi connectivity index (χ1v) is 4.70. The summed E-state index contributed by atoms with van der Waals surface area (Å²) in [5.74, 6) is 0.591. The maximum absolute atomic E-state index is 10.1. The Balaban J connectivity index is 2.41. The van der Waals surface area contributed by atoms with Gasteiger partial charge in [-0.1, -0.05) is 18.2 Å². The second-order valence-electron chi connectivity index (χ2n) is 3.43. The van der Waals surface area contributed by atoms with Crippen LogP contribution in [0, 0.1) is 0 Å². The number of anilines is 1. The van der Waals surface area contributed by atoms with Gasteiger partial charge in [0.15, 0.2) is 0 Å². The highest BCUT2D eigenvalue weighted by Crippen LogP contribution is 2.24. The van der Waals surface area contributed by atoms with Crippen LogP contribution < -0.4 is 5.73 Å². The van der Waals surface area contributed by atoms with Gasteiger partial charge in [0.1, 0.15) is 11.9 Å². The zero-order valence-corrected chi connectivity index (χ0v) is 8.46. The summed E-state index contributed by atoms with van der Waals surface area (Å²) >= 11 is 0. The van der Waals surface area contributed by atoms with Crippen LogP contribution in [0.25, 0.3) is 0 Å². The van der Waals surface area contributed by atoms with Crippen molar-refractivity contribution in [1.29, 1.82) is 0 Å². The molecule has 78 valence electrons. The van der Waals surface area contributed by atoms with E-state index in [2.05, 4.69) is 4.98 Å². The normalized spacial score (nSPS) is 12.7. The molecule has 0 aliphatic rings. The van der Waals surface area contributed by atoms with Gasteiger partial charge in [-0.05, 0) is 6.07 Å². The molecule has 0 fully saturated rings. The summed E-state index contributed by atoms with van der Waals surface area (Å²) in [7, 11) is 1.84. The van der Waals surface area contributed by atoms with E-state index in [0.29, 0.717) is 17.1 Å². The molecule has 0 bridgehead atoms. The molecule has 1 atom stereocenters. The van der Waals surface area contributed by atoms with Crippen molar-refractivity contribution in [2.45, 2.75) is 6.10 Å². The molecule has 2 aromatic rings. The number of nitrogens with two attached hydrogens (primary N) is 1. The molecule has 0 saturated heterocycles. The second-order valence-corrected chi connectivity index (χ2v) is 3.43. The summed E-state index contributed by atoms with van der Waals surface area (Å²) in [6, 6.07) is 7.25. The number of rotatable bonds is 2. The molecule has 4 nitrogen and oxygen atoms in total. The van der Waals surface area contributed by atoms with Crippen LogP contribution in [-0.4, -0.2) is 14.7 Å². The van der Waals surface area contributed by atoms with E-state index in [1.54, 1.807) is 29.1 Å². The van der Waals surface area contributed by atoms with Crippen molar-refractivity contribution >= 4 is 5.69 Å². The molecule has 1 aromatic heterocycles. The first-order chi connectivity index (χ1) is 7.20. The predicted molar refractivity (Wildman–Crippen MR) is 58.1 cm³/mol. The number of aromatic nitrogens is 2. The van der Waals surface area contributed by atoms with Crippen molar-refractivity contribution in [3.8, 4) is 0 Å². The van der Waals surface area contributed by atoms with Gasteiger partial charge in [0.25, 0.3) is 0 Å². The van der Waals surface area contributed by atoms with Gasteiger partial charge in [0.2, 0.25) is 0 Å². The van der Waals surface area contributed by atoms with Crippen LogP contribution >= 0.6 is 0 Å². The number of nitrogens with zero attached hydrogens (tertiary/aromatic N) is 2. The van der Waals surface area contributed by atoms with E-state index in [1.807, 2.05) is 19.2 Å². The number of benzene rings is 1. The third-order valence-electron chi connectivity index (χ3n) is 2.39. The molecule has 0 radical (unpaired) electrons. The minimum atomic E-state index is -0.772. The summed E-state index contributed by atoms with van der Waals surface area (Å²) in [5.41, 5.74) is 7.04. The number of para-hydroxylation sites is 1.